The molecule has 1 atom stereocenters. The molecule has 2 aliphatic heterocycles. The van der Waals surface area contributed by atoms with E-state index in [0.717, 1.165) is 19.8 Å². The average Bonchev–Trinajstić information content (AvgIpc) is 2.45. The van der Waals surface area contributed by atoms with E-state index in [-0.39, 0.29) is 5.66 Å². The molecule has 0 bridgehead atoms. The van der Waals surface area contributed by atoms with Crippen LogP contribution in [0.15, 0.2) is 12.2 Å². The van der Waals surface area contributed by atoms with Crippen molar-refractivity contribution in [3.8, 4) is 0 Å². The van der Waals surface area contributed by atoms with E-state index in [1.54, 1.807) is 0 Å². The minimum absolute atomic E-state index is 0.0972. The van der Waals surface area contributed by atoms with Crippen LogP contribution in [0.25, 0.3) is 0 Å². The summed E-state index contributed by atoms with van der Waals surface area (Å²) in [6.45, 7) is 2.91. The summed E-state index contributed by atoms with van der Waals surface area (Å²) in [5, 5.41) is 9.90. The highest BCUT2D eigenvalue weighted by atomic mass is 15.3. The fraction of sp³-hybridized carbons (Fsp3) is 0.667. The van der Waals surface area contributed by atoms with Crippen LogP contribution >= 0.6 is 0 Å². The molecule has 9 heavy (non-hydrogen) atoms. The highest BCUT2D eigenvalue weighted by Crippen LogP contribution is 2.09. The van der Waals surface area contributed by atoms with Crippen LogP contribution in [0.4, 0.5) is 0 Å². The van der Waals surface area contributed by atoms with Gasteiger partial charge in [0.15, 0.2) is 0 Å². The van der Waals surface area contributed by atoms with Crippen molar-refractivity contribution in [1.82, 2.24) is 16.0 Å². The molecule has 0 aromatic carbocycles. The van der Waals surface area contributed by atoms with Gasteiger partial charge >= 0.3 is 0 Å². The van der Waals surface area contributed by atoms with Gasteiger partial charge in [0.2, 0.25) is 0 Å². The number of hydrogen-bond acceptors (Lipinski definition) is 3. The van der Waals surface area contributed by atoms with Crippen LogP contribution < -0.4 is 16.0 Å². The lowest BCUT2D eigenvalue weighted by molar-refractivity contribution is 0.433. The van der Waals surface area contributed by atoms with Crippen molar-refractivity contribution in [3.63, 3.8) is 0 Å². The van der Waals surface area contributed by atoms with Crippen molar-refractivity contribution in [2.45, 2.75) is 5.66 Å². The molecule has 1 unspecified atom stereocenters. The third-order valence-electron chi connectivity index (χ3n) is 1.87. The zero-order chi connectivity index (χ0) is 6.16. The summed E-state index contributed by atoms with van der Waals surface area (Å²) in [5.41, 5.74) is 0.0972. The molecule has 2 heterocycles. The molecule has 0 radical (unpaired) electrons. The predicted octanol–water partition coefficient (Wildman–Crippen LogP) is -1.01. The summed E-state index contributed by atoms with van der Waals surface area (Å²) in [7, 11) is 0. The number of rotatable bonds is 0. The van der Waals surface area contributed by atoms with Crippen molar-refractivity contribution in [2.24, 2.45) is 0 Å². The van der Waals surface area contributed by atoms with Gasteiger partial charge in [0.25, 0.3) is 0 Å². The summed E-state index contributed by atoms with van der Waals surface area (Å²) in [4.78, 5) is 0. The molecule has 0 amide bonds. The summed E-state index contributed by atoms with van der Waals surface area (Å²) >= 11 is 0. The van der Waals surface area contributed by atoms with Crippen LogP contribution in [-0.2, 0) is 0 Å². The summed E-state index contributed by atoms with van der Waals surface area (Å²) in [6.07, 6.45) is 4.34. The zero-order valence-electron chi connectivity index (χ0n) is 5.28. The molecule has 0 saturated carbocycles. The van der Waals surface area contributed by atoms with E-state index in [0.29, 0.717) is 0 Å². The standard InChI is InChI=1S/C6H11N3/c1-2-6(8-3-1)4-7-5-9-6/h1-2,7-9H,3-5H2. The molecular weight excluding hydrogens is 114 g/mol. The fourth-order valence-electron chi connectivity index (χ4n) is 1.35. The number of hydrogen-bond donors (Lipinski definition) is 3. The van der Waals surface area contributed by atoms with Gasteiger partial charge in [-0.3, -0.25) is 10.6 Å². The van der Waals surface area contributed by atoms with E-state index in [4.69, 9.17) is 0 Å². The van der Waals surface area contributed by atoms with Gasteiger partial charge in [-0.1, -0.05) is 12.2 Å². The number of nitrogens with one attached hydrogen (secondary N) is 3. The molecule has 1 spiro atoms. The van der Waals surface area contributed by atoms with Gasteiger partial charge in [0.1, 0.15) is 5.66 Å². The molecule has 3 N–H and O–H groups in total. The van der Waals surface area contributed by atoms with Crippen LogP contribution in [0.1, 0.15) is 0 Å². The topological polar surface area (TPSA) is 36.1 Å². The van der Waals surface area contributed by atoms with Crippen molar-refractivity contribution in [2.75, 3.05) is 19.8 Å². The first-order valence-corrected chi connectivity index (χ1v) is 3.30. The van der Waals surface area contributed by atoms with E-state index in [2.05, 4.69) is 28.1 Å². The Kier molecular flexibility index (Phi) is 1.08. The highest BCUT2D eigenvalue weighted by molar-refractivity contribution is 5.15. The Balaban J connectivity index is 2.13. The van der Waals surface area contributed by atoms with Crippen LogP contribution in [-0.4, -0.2) is 25.4 Å². The van der Waals surface area contributed by atoms with Crippen molar-refractivity contribution in [1.29, 1.82) is 0 Å². The minimum Gasteiger partial charge on any atom is -0.301 e. The second-order valence-electron chi connectivity index (χ2n) is 2.53. The van der Waals surface area contributed by atoms with Crippen LogP contribution in [0.2, 0.25) is 0 Å². The molecule has 0 aliphatic carbocycles. The Hall–Kier alpha value is -0.380. The average molecular weight is 125 g/mol. The third-order valence-corrected chi connectivity index (χ3v) is 1.87. The summed E-state index contributed by atoms with van der Waals surface area (Å²) < 4.78 is 0. The van der Waals surface area contributed by atoms with E-state index >= 15 is 0 Å². The van der Waals surface area contributed by atoms with Crippen molar-refractivity contribution >= 4 is 0 Å². The monoisotopic (exact) mass is 125 g/mol. The van der Waals surface area contributed by atoms with Crippen molar-refractivity contribution < 1.29 is 0 Å². The molecule has 3 nitrogen and oxygen atoms in total. The first-order chi connectivity index (χ1) is 4.41. The molecule has 2 rings (SSSR count). The van der Waals surface area contributed by atoms with E-state index < -0.39 is 0 Å². The third kappa shape index (κ3) is 0.775. The molecule has 3 heteroatoms. The predicted molar refractivity (Wildman–Crippen MR) is 35.9 cm³/mol. The van der Waals surface area contributed by atoms with Crippen LogP contribution in [0, 0.1) is 0 Å². The first kappa shape index (κ1) is 5.41. The maximum absolute atomic E-state index is 3.35. The second-order valence-corrected chi connectivity index (χ2v) is 2.53. The van der Waals surface area contributed by atoms with Gasteiger partial charge in [0, 0.05) is 19.8 Å². The highest BCUT2D eigenvalue weighted by Gasteiger charge is 2.31. The minimum atomic E-state index is 0.0972. The quantitative estimate of drug-likeness (QED) is 0.363. The molecule has 50 valence electrons. The van der Waals surface area contributed by atoms with E-state index in [1.165, 1.54) is 0 Å². The van der Waals surface area contributed by atoms with Crippen LogP contribution in [0.5, 0.6) is 0 Å². The lowest BCUT2D eigenvalue weighted by Gasteiger charge is -2.20. The molecular formula is C6H11N3. The van der Waals surface area contributed by atoms with E-state index in [9.17, 15) is 0 Å². The SMILES string of the molecule is C1=CC2(CNCN2)NC1. The molecule has 0 aromatic rings. The molecule has 2 aliphatic rings. The maximum atomic E-state index is 3.35. The van der Waals surface area contributed by atoms with E-state index in [1.807, 2.05) is 0 Å². The molecule has 0 aromatic heterocycles. The summed E-state index contributed by atoms with van der Waals surface area (Å²) in [6, 6.07) is 0. The lowest BCUT2D eigenvalue weighted by atomic mass is 10.2. The van der Waals surface area contributed by atoms with Crippen LogP contribution in [0.3, 0.4) is 0 Å². The first-order valence-electron chi connectivity index (χ1n) is 3.30. The Labute approximate surface area is 54.5 Å². The normalized spacial score (nSPS) is 40.9. The Morgan fingerprint density at radius 1 is 1.33 bits per heavy atom. The largest absolute Gasteiger partial charge is 0.301 e. The van der Waals surface area contributed by atoms with Gasteiger partial charge in [-0.2, -0.15) is 0 Å². The van der Waals surface area contributed by atoms with Gasteiger partial charge in [0.05, 0.1) is 0 Å². The van der Waals surface area contributed by atoms with Gasteiger partial charge in [-0.05, 0) is 0 Å². The Morgan fingerprint density at radius 3 is 2.89 bits per heavy atom. The molecule has 1 fully saturated rings. The molecule has 1 saturated heterocycles. The Morgan fingerprint density at radius 2 is 2.33 bits per heavy atom. The van der Waals surface area contributed by atoms with Crippen molar-refractivity contribution in [3.05, 3.63) is 12.2 Å². The van der Waals surface area contributed by atoms with Gasteiger partial charge < -0.3 is 5.32 Å². The fourth-order valence-corrected chi connectivity index (χ4v) is 1.35. The van der Waals surface area contributed by atoms with Gasteiger partial charge in [-0.25, -0.2) is 0 Å². The smallest absolute Gasteiger partial charge is 0.102 e. The summed E-state index contributed by atoms with van der Waals surface area (Å²) in [5.74, 6) is 0. The zero-order valence-corrected chi connectivity index (χ0v) is 5.28. The Bertz CT molecular complexity index is 135. The second kappa shape index (κ2) is 1.80. The lowest BCUT2D eigenvalue weighted by Crippen LogP contribution is -2.50. The maximum Gasteiger partial charge on any atom is 0.102 e. The van der Waals surface area contributed by atoms with Gasteiger partial charge in [-0.15, -0.1) is 0 Å².